The molecule has 15 heavy (non-hydrogen) atoms. The molecule has 2 rings (SSSR count). The summed E-state index contributed by atoms with van der Waals surface area (Å²) in [6.45, 7) is 0. The van der Waals surface area contributed by atoms with Gasteiger partial charge in [0.25, 0.3) is 0 Å². The summed E-state index contributed by atoms with van der Waals surface area (Å²) in [5, 5.41) is 0.212. The second-order valence-electron chi connectivity index (χ2n) is 2.83. The molecule has 0 saturated carbocycles. The van der Waals surface area contributed by atoms with E-state index in [2.05, 4.69) is 9.97 Å². The lowest BCUT2D eigenvalue weighted by Gasteiger charge is -2.01. The Kier molecular flexibility index (Phi) is 2.60. The summed E-state index contributed by atoms with van der Waals surface area (Å²) in [5.74, 6) is -1.21. The number of hydrogen-bond acceptors (Lipinski definition) is 2. The zero-order valence-electron chi connectivity index (χ0n) is 7.42. The van der Waals surface area contributed by atoms with Gasteiger partial charge in [-0.2, -0.15) is 0 Å². The monoisotopic (exact) mass is 226 g/mol. The largest absolute Gasteiger partial charge is 0.236 e. The van der Waals surface area contributed by atoms with Gasteiger partial charge in [-0.05, 0) is 18.2 Å². The minimum absolute atomic E-state index is 0.124. The van der Waals surface area contributed by atoms with E-state index in [0.717, 1.165) is 12.1 Å². The Morgan fingerprint density at radius 2 is 1.93 bits per heavy atom. The number of halogens is 3. The van der Waals surface area contributed by atoms with Crippen LogP contribution in [0.25, 0.3) is 11.4 Å². The normalized spacial score (nSPS) is 10.3. The van der Waals surface area contributed by atoms with E-state index in [-0.39, 0.29) is 16.5 Å². The highest BCUT2D eigenvalue weighted by molar-refractivity contribution is 6.29. The average Bonchev–Trinajstić information content (AvgIpc) is 2.17. The summed E-state index contributed by atoms with van der Waals surface area (Å²) >= 11 is 5.63. The van der Waals surface area contributed by atoms with Crippen LogP contribution in [0.3, 0.4) is 0 Å². The van der Waals surface area contributed by atoms with Gasteiger partial charge in [-0.25, -0.2) is 18.7 Å². The van der Waals surface area contributed by atoms with E-state index in [1.165, 1.54) is 18.3 Å². The predicted molar refractivity (Wildman–Crippen MR) is 52.4 cm³/mol. The summed E-state index contributed by atoms with van der Waals surface area (Å²) in [7, 11) is 0. The maximum atomic E-state index is 13.3. The topological polar surface area (TPSA) is 25.8 Å². The fraction of sp³-hybridized carbons (Fsp3) is 0. The van der Waals surface area contributed by atoms with Gasteiger partial charge in [-0.15, -0.1) is 0 Å². The lowest BCUT2D eigenvalue weighted by Crippen LogP contribution is -1.92. The van der Waals surface area contributed by atoms with E-state index in [4.69, 9.17) is 11.6 Å². The zero-order valence-corrected chi connectivity index (χ0v) is 8.17. The first kappa shape index (κ1) is 9.98. The Labute approximate surface area is 89.6 Å². The molecule has 5 heteroatoms. The first-order chi connectivity index (χ1) is 7.16. The molecule has 0 aliphatic rings. The minimum Gasteiger partial charge on any atom is -0.236 e. The standard InChI is InChI=1S/C10H5ClF2N2/c11-9-3-4-14-10(15-9)7-2-1-6(12)5-8(7)13/h1-5H. The molecule has 0 aliphatic carbocycles. The van der Waals surface area contributed by atoms with Crippen LogP contribution in [-0.4, -0.2) is 9.97 Å². The van der Waals surface area contributed by atoms with Gasteiger partial charge in [0.1, 0.15) is 16.8 Å². The molecule has 1 heterocycles. The number of rotatable bonds is 1. The minimum atomic E-state index is -0.711. The summed E-state index contributed by atoms with van der Waals surface area (Å²) < 4.78 is 25.9. The molecular weight excluding hydrogens is 222 g/mol. The van der Waals surface area contributed by atoms with Gasteiger partial charge in [-0.1, -0.05) is 11.6 Å². The van der Waals surface area contributed by atoms with Crippen LogP contribution in [0.4, 0.5) is 8.78 Å². The molecule has 2 aromatic rings. The highest BCUT2D eigenvalue weighted by Crippen LogP contribution is 2.20. The maximum Gasteiger partial charge on any atom is 0.163 e. The maximum absolute atomic E-state index is 13.3. The third-order valence-electron chi connectivity index (χ3n) is 1.79. The number of benzene rings is 1. The highest BCUT2D eigenvalue weighted by atomic mass is 35.5. The van der Waals surface area contributed by atoms with Crippen molar-refractivity contribution in [3.8, 4) is 11.4 Å². The summed E-state index contributed by atoms with van der Waals surface area (Å²) in [6, 6.07) is 4.67. The van der Waals surface area contributed by atoms with Crippen molar-refractivity contribution in [3.63, 3.8) is 0 Å². The third-order valence-corrected chi connectivity index (χ3v) is 2.00. The van der Waals surface area contributed by atoms with E-state index in [1.807, 2.05) is 0 Å². The van der Waals surface area contributed by atoms with Crippen LogP contribution >= 0.6 is 11.6 Å². The summed E-state index contributed by atoms with van der Waals surface area (Å²) in [4.78, 5) is 7.67. The van der Waals surface area contributed by atoms with Gasteiger partial charge in [0, 0.05) is 12.3 Å². The van der Waals surface area contributed by atoms with E-state index in [1.54, 1.807) is 0 Å². The molecule has 0 atom stereocenters. The first-order valence-electron chi connectivity index (χ1n) is 4.11. The lowest BCUT2D eigenvalue weighted by atomic mass is 10.2. The van der Waals surface area contributed by atoms with Crippen molar-refractivity contribution in [2.24, 2.45) is 0 Å². The van der Waals surface area contributed by atoms with E-state index < -0.39 is 11.6 Å². The number of aromatic nitrogens is 2. The summed E-state index contributed by atoms with van der Waals surface area (Å²) in [5.41, 5.74) is 0.124. The molecule has 0 fully saturated rings. The second kappa shape index (κ2) is 3.90. The molecule has 0 aliphatic heterocycles. The van der Waals surface area contributed by atoms with Crippen LogP contribution in [0.15, 0.2) is 30.5 Å². The van der Waals surface area contributed by atoms with Crippen molar-refractivity contribution < 1.29 is 8.78 Å². The molecule has 76 valence electrons. The first-order valence-corrected chi connectivity index (χ1v) is 4.48. The molecule has 1 aromatic heterocycles. The lowest BCUT2D eigenvalue weighted by molar-refractivity contribution is 0.585. The van der Waals surface area contributed by atoms with Crippen molar-refractivity contribution in [2.75, 3.05) is 0 Å². The Balaban J connectivity index is 2.54. The van der Waals surface area contributed by atoms with Crippen LogP contribution in [0.2, 0.25) is 5.15 Å². The SMILES string of the molecule is Fc1ccc(-c2nccc(Cl)n2)c(F)c1. The Hall–Kier alpha value is -1.55. The van der Waals surface area contributed by atoms with E-state index in [0.29, 0.717) is 0 Å². The van der Waals surface area contributed by atoms with Crippen molar-refractivity contribution in [1.29, 1.82) is 0 Å². The van der Waals surface area contributed by atoms with Crippen LogP contribution in [0.5, 0.6) is 0 Å². The fourth-order valence-electron chi connectivity index (χ4n) is 1.14. The van der Waals surface area contributed by atoms with Crippen LogP contribution in [0, 0.1) is 11.6 Å². The van der Waals surface area contributed by atoms with Gasteiger partial charge < -0.3 is 0 Å². The van der Waals surface area contributed by atoms with Crippen LogP contribution in [-0.2, 0) is 0 Å². The predicted octanol–water partition coefficient (Wildman–Crippen LogP) is 3.08. The van der Waals surface area contributed by atoms with Crippen LogP contribution < -0.4 is 0 Å². The number of nitrogens with zero attached hydrogens (tertiary/aromatic N) is 2. The Morgan fingerprint density at radius 3 is 2.60 bits per heavy atom. The zero-order chi connectivity index (χ0) is 10.8. The van der Waals surface area contributed by atoms with Crippen molar-refractivity contribution >= 4 is 11.6 Å². The quantitative estimate of drug-likeness (QED) is 0.699. The van der Waals surface area contributed by atoms with Gasteiger partial charge in [0.15, 0.2) is 5.82 Å². The molecule has 0 bridgehead atoms. The smallest absolute Gasteiger partial charge is 0.163 e. The molecule has 0 unspecified atom stereocenters. The third kappa shape index (κ3) is 2.10. The van der Waals surface area contributed by atoms with Gasteiger partial charge in [0.2, 0.25) is 0 Å². The van der Waals surface area contributed by atoms with E-state index in [9.17, 15) is 8.78 Å². The molecule has 0 N–H and O–H groups in total. The Morgan fingerprint density at radius 1 is 1.13 bits per heavy atom. The summed E-state index contributed by atoms with van der Waals surface area (Å²) in [6.07, 6.45) is 1.41. The Bertz CT molecular complexity index is 503. The molecule has 0 radical (unpaired) electrons. The molecular formula is C10H5ClF2N2. The van der Waals surface area contributed by atoms with Gasteiger partial charge in [-0.3, -0.25) is 0 Å². The molecule has 2 nitrogen and oxygen atoms in total. The molecule has 0 spiro atoms. The van der Waals surface area contributed by atoms with Gasteiger partial charge >= 0.3 is 0 Å². The molecule has 0 amide bonds. The average molecular weight is 227 g/mol. The number of hydrogen-bond donors (Lipinski definition) is 0. The molecule has 0 saturated heterocycles. The fourth-order valence-corrected chi connectivity index (χ4v) is 1.27. The van der Waals surface area contributed by atoms with Crippen LogP contribution in [0.1, 0.15) is 0 Å². The van der Waals surface area contributed by atoms with Crippen molar-refractivity contribution in [3.05, 3.63) is 47.2 Å². The second-order valence-corrected chi connectivity index (χ2v) is 3.21. The highest BCUT2D eigenvalue weighted by Gasteiger charge is 2.08. The van der Waals surface area contributed by atoms with E-state index >= 15 is 0 Å². The molecule has 1 aromatic carbocycles. The van der Waals surface area contributed by atoms with Crippen molar-refractivity contribution in [2.45, 2.75) is 0 Å². The van der Waals surface area contributed by atoms with Crippen molar-refractivity contribution in [1.82, 2.24) is 9.97 Å². The van der Waals surface area contributed by atoms with Gasteiger partial charge in [0.05, 0.1) is 5.56 Å².